The van der Waals surface area contributed by atoms with Crippen LogP contribution in [-0.4, -0.2) is 90.6 Å². The molecule has 3 aromatic heterocycles. The van der Waals surface area contributed by atoms with Gasteiger partial charge in [-0.2, -0.15) is 9.97 Å². The lowest BCUT2D eigenvalue weighted by Crippen LogP contribution is -2.42. The Morgan fingerprint density at radius 3 is 2.37 bits per heavy atom. The van der Waals surface area contributed by atoms with E-state index in [2.05, 4.69) is 50.5 Å². The fourth-order valence-corrected chi connectivity index (χ4v) is 6.99. The molecule has 51 heavy (non-hydrogen) atoms. The number of aliphatic hydroxyl groups is 2. The Hall–Kier alpha value is -5.60. The Balaban J connectivity index is 1.19. The van der Waals surface area contributed by atoms with Crippen LogP contribution in [0.4, 0.5) is 22.2 Å². The molecule has 1 aliphatic carbocycles. The van der Waals surface area contributed by atoms with Crippen LogP contribution in [0.1, 0.15) is 49.3 Å². The van der Waals surface area contributed by atoms with Gasteiger partial charge in [-0.3, -0.25) is 9.78 Å². The third kappa shape index (κ3) is 7.47. The van der Waals surface area contributed by atoms with Gasteiger partial charge in [0.25, 0.3) is 0 Å². The standard InChI is InChI=1S/C37H42N10O4/c1-2-30(48)43-28-18-29(33(50)32(28)49)47-22-40-31-34(39-20-27(23-10-5-3-6-11-23)24-12-7-4-8-13-24)44-36(45-35(31)47)46-17-15-26(21-46)42-37(51)41-25-14-9-16-38-19-25/h3-14,16,19,22,26-29,32-33,49-50H,2,15,17-18,20-21H2,1H3,(H,43,48)(H,39,44,45)(H2,41,42,51)/t26-,28+,29-,32-,33+/m1/s1. The molecule has 14 nitrogen and oxygen atoms in total. The Morgan fingerprint density at radius 2 is 1.69 bits per heavy atom. The van der Waals surface area contributed by atoms with Gasteiger partial charge in [0.05, 0.1) is 30.3 Å². The number of rotatable bonds is 11. The van der Waals surface area contributed by atoms with Gasteiger partial charge in [0.2, 0.25) is 11.9 Å². The second-order valence-electron chi connectivity index (χ2n) is 13.0. The van der Waals surface area contributed by atoms with Gasteiger partial charge in [0, 0.05) is 44.2 Å². The lowest BCUT2D eigenvalue weighted by molar-refractivity contribution is -0.122. The number of fused-ring (bicyclic) bond motifs is 1. The Kier molecular flexibility index (Phi) is 10.0. The van der Waals surface area contributed by atoms with Crippen molar-refractivity contribution in [3.63, 3.8) is 0 Å². The fraction of sp³-hybridized carbons (Fsp3) is 0.351. The maximum Gasteiger partial charge on any atom is 0.319 e. The predicted molar refractivity (Wildman–Crippen MR) is 193 cm³/mol. The third-order valence-corrected chi connectivity index (χ3v) is 9.69. The van der Waals surface area contributed by atoms with Crippen LogP contribution in [0.2, 0.25) is 0 Å². The third-order valence-electron chi connectivity index (χ3n) is 9.69. The Bertz CT molecular complexity index is 1910. The molecule has 5 atom stereocenters. The van der Waals surface area contributed by atoms with E-state index in [4.69, 9.17) is 15.0 Å². The van der Waals surface area contributed by atoms with Gasteiger partial charge in [-0.05, 0) is 36.1 Å². The van der Waals surface area contributed by atoms with Crippen LogP contribution in [0.3, 0.4) is 0 Å². The van der Waals surface area contributed by atoms with E-state index in [9.17, 15) is 19.8 Å². The van der Waals surface area contributed by atoms with Crippen LogP contribution in [-0.2, 0) is 4.79 Å². The number of benzene rings is 2. The number of nitrogens with zero attached hydrogens (tertiary/aromatic N) is 6. The van der Waals surface area contributed by atoms with Crippen LogP contribution in [0.5, 0.6) is 0 Å². The summed E-state index contributed by atoms with van der Waals surface area (Å²) in [4.78, 5) is 45.7. The zero-order valence-electron chi connectivity index (χ0n) is 28.3. The van der Waals surface area contributed by atoms with E-state index in [1.165, 1.54) is 0 Å². The first-order chi connectivity index (χ1) is 24.9. The zero-order chi connectivity index (χ0) is 35.3. The van der Waals surface area contributed by atoms with Crippen LogP contribution < -0.4 is 26.2 Å². The highest BCUT2D eigenvalue weighted by Gasteiger charge is 2.44. The second-order valence-corrected chi connectivity index (χ2v) is 13.0. The normalized spacial score (nSPS) is 21.6. The summed E-state index contributed by atoms with van der Waals surface area (Å²) in [5.41, 5.74) is 3.90. The topological polar surface area (TPSA) is 182 Å². The Labute approximate surface area is 295 Å². The average Bonchev–Trinajstić information content (AvgIpc) is 3.87. The van der Waals surface area contributed by atoms with Crippen LogP contribution in [0.25, 0.3) is 11.2 Å². The van der Waals surface area contributed by atoms with E-state index in [-0.39, 0.29) is 30.3 Å². The highest BCUT2D eigenvalue weighted by Crippen LogP contribution is 2.35. The number of hydrogen-bond acceptors (Lipinski definition) is 10. The maximum atomic E-state index is 12.8. The van der Waals surface area contributed by atoms with Crippen molar-refractivity contribution in [2.75, 3.05) is 35.2 Å². The summed E-state index contributed by atoms with van der Waals surface area (Å²) >= 11 is 0. The molecule has 0 unspecified atom stereocenters. The molecule has 3 amide bonds. The van der Waals surface area contributed by atoms with E-state index in [1.54, 1.807) is 42.3 Å². The van der Waals surface area contributed by atoms with Crippen molar-refractivity contribution in [1.82, 2.24) is 35.1 Å². The van der Waals surface area contributed by atoms with Crippen molar-refractivity contribution in [2.45, 2.75) is 62.4 Å². The number of imidazole rings is 1. The molecule has 2 aromatic carbocycles. The van der Waals surface area contributed by atoms with Crippen molar-refractivity contribution in [3.05, 3.63) is 103 Å². The minimum atomic E-state index is -1.15. The van der Waals surface area contributed by atoms with Crippen molar-refractivity contribution in [2.24, 2.45) is 0 Å². The van der Waals surface area contributed by atoms with E-state index in [0.717, 1.165) is 11.1 Å². The van der Waals surface area contributed by atoms with Gasteiger partial charge in [-0.1, -0.05) is 67.6 Å². The van der Waals surface area contributed by atoms with E-state index < -0.39 is 24.3 Å². The molecule has 0 radical (unpaired) electrons. The van der Waals surface area contributed by atoms with Crippen LogP contribution in [0, 0.1) is 0 Å². The minimum absolute atomic E-state index is 0.0105. The monoisotopic (exact) mass is 690 g/mol. The lowest BCUT2D eigenvalue weighted by Gasteiger charge is -2.22. The van der Waals surface area contributed by atoms with Crippen molar-refractivity contribution in [1.29, 1.82) is 0 Å². The molecule has 7 rings (SSSR count). The van der Waals surface area contributed by atoms with Crippen molar-refractivity contribution < 1.29 is 19.8 Å². The molecule has 264 valence electrons. The minimum Gasteiger partial charge on any atom is -0.388 e. The summed E-state index contributed by atoms with van der Waals surface area (Å²) < 4.78 is 1.77. The number of amides is 3. The molecule has 6 N–H and O–H groups in total. The molecule has 1 saturated heterocycles. The largest absolute Gasteiger partial charge is 0.388 e. The van der Waals surface area contributed by atoms with E-state index >= 15 is 0 Å². The summed E-state index contributed by atoms with van der Waals surface area (Å²) in [6.07, 6.45) is 3.79. The van der Waals surface area contributed by atoms with Crippen molar-refractivity contribution in [3.8, 4) is 0 Å². The van der Waals surface area contributed by atoms with Crippen molar-refractivity contribution >= 4 is 40.6 Å². The summed E-state index contributed by atoms with van der Waals surface area (Å²) in [6, 6.07) is 22.4. The summed E-state index contributed by atoms with van der Waals surface area (Å²) in [7, 11) is 0. The number of hydrogen-bond donors (Lipinski definition) is 6. The molecule has 1 aliphatic heterocycles. The van der Waals surface area contributed by atoms with Gasteiger partial charge < -0.3 is 40.9 Å². The molecule has 5 aromatic rings. The van der Waals surface area contributed by atoms with Crippen LogP contribution in [0.15, 0.2) is 91.5 Å². The molecule has 4 heterocycles. The smallest absolute Gasteiger partial charge is 0.319 e. The fourth-order valence-electron chi connectivity index (χ4n) is 6.99. The first-order valence-corrected chi connectivity index (χ1v) is 17.3. The summed E-state index contributed by atoms with van der Waals surface area (Å²) in [6.45, 7) is 3.34. The molecule has 14 heteroatoms. The summed E-state index contributed by atoms with van der Waals surface area (Å²) in [5.74, 6) is 0.788. The van der Waals surface area contributed by atoms with E-state index in [1.807, 2.05) is 41.3 Å². The first kappa shape index (κ1) is 33.9. The molecule has 0 spiro atoms. The number of aromatic nitrogens is 5. The molecule has 2 aliphatic rings. The van der Waals surface area contributed by atoms with E-state index in [0.29, 0.717) is 61.1 Å². The van der Waals surface area contributed by atoms with Gasteiger partial charge in [0.15, 0.2) is 17.0 Å². The molecule has 2 fully saturated rings. The number of nitrogens with one attached hydrogen (secondary N) is 4. The zero-order valence-corrected chi connectivity index (χ0v) is 28.3. The Morgan fingerprint density at radius 1 is 0.941 bits per heavy atom. The quantitative estimate of drug-likeness (QED) is 0.120. The number of aliphatic hydroxyl groups excluding tert-OH is 2. The summed E-state index contributed by atoms with van der Waals surface area (Å²) in [5, 5.41) is 34.3. The number of anilines is 3. The number of urea groups is 1. The SMILES string of the molecule is CCC(=O)N[C@H]1C[C@@H](n2cnc3c(NCC(c4ccccc4)c4ccccc4)nc(N4CC[C@@H](NC(=O)Nc5cccnc5)C4)nc32)[C@H](O)[C@@H]1O. The lowest BCUT2D eigenvalue weighted by atomic mass is 9.91. The van der Waals surface area contributed by atoms with Gasteiger partial charge >= 0.3 is 6.03 Å². The number of carbonyl (C=O) groups is 2. The predicted octanol–water partition coefficient (Wildman–Crippen LogP) is 3.43. The highest BCUT2D eigenvalue weighted by atomic mass is 16.3. The number of pyridine rings is 1. The average molecular weight is 691 g/mol. The van der Waals surface area contributed by atoms with Crippen LogP contribution >= 0.6 is 0 Å². The highest BCUT2D eigenvalue weighted by molar-refractivity contribution is 5.89. The molecule has 0 bridgehead atoms. The van der Waals surface area contributed by atoms with Gasteiger partial charge in [-0.15, -0.1) is 0 Å². The first-order valence-electron chi connectivity index (χ1n) is 17.3. The maximum absolute atomic E-state index is 12.8. The van der Waals surface area contributed by atoms with Gasteiger partial charge in [0.1, 0.15) is 12.2 Å². The van der Waals surface area contributed by atoms with Gasteiger partial charge in [-0.25, -0.2) is 9.78 Å². The molecular formula is C37H42N10O4. The molecular weight excluding hydrogens is 648 g/mol. The second kappa shape index (κ2) is 15.1. The molecule has 1 saturated carbocycles. The number of carbonyl (C=O) groups excluding carboxylic acids is 2.